The number of benzene rings is 1. The molecular weight excluding hydrogens is 290 g/mol. The van der Waals surface area contributed by atoms with Crippen LogP contribution >= 0.6 is 12.2 Å². The minimum Gasteiger partial charge on any atom is -0.454 e. The number of rotatable bonds is 2. The number of nitrogens with zero attached hydrogens (tertiary/aromatic N) is 1. The Balaban J connectivity index is 2.07. The van der Waals surface area contributed by atoms with E-state index in [0.29, 0.717) is 27.9 Å². The van der Waals surface area contributed by atoms with Crippen LogP contribution in [0, 0.1) is 0 Å². The predicted octanol–water partition coefficient (Wildman–Crippen LogP) is 1.38. The molecule has 0 bridgehead atoms. The Labute approximate surface area is 127 Å². The second kappa shape index (κ2) is 5.01. The Morgan fingerprint density at radius 1 is 1.43 bits per heavy atom. The smallest absolute Gasteiger partial charge is 0.231 e. The van der Waals surface area contributed by atoms with Crippen molar-refractivity contribution >= 4 is 23.1 Å². The molecule has 0 unspecified atom stereocenters. The summed E-state index contributed by atoms with van der Waals surface area (Å²) in [6, 6.07) is 5.22. The summed E-state index contributed by atoms with van der Waals surface area (Å²) in [5.74, 6) is 7.16. The van der Waals surface area contributed by atoms with Gasteiger partial charge in [-0.15, -0.1) is 0 Å². The van der Waals surface area contributed by atoms with E-state index in [0.717, 1.165) is 5.56 Å². The lowest BCUT2D eigenvalue weighted by atomic mass is 9.93. The van der Waals surface area contributed by atoms with Crippen LogP contribution in [0.1, 0.15) is 25.5 Å². The molecule has 1 atom stereocenters. The number of Topliss-reactive ketones (excluding diaryl/α,β-unsaturated/α-hetero) is 1. The summed E-state index contributed by atoms with van der Waals surface area (Å²) >= 11 is 5.21. The van der Waals surface area contributed by atoms with Crippen LogP contribution in [0.25, 0.3) is 0 Å². The lowest BCUT2D eigenvalue weighted by molar-refractivity contribution is -0.114. The zero-order valence-corrected chi connectivity index (χ0v) is 12.5. The maximum absolute atomic E-state index is 12.0. The van der Waals surface area contributed by atoms with Crippen molar-refractivity contribution in [2.24, 2.45) is 5.84 Å². The van der Waals surface area contributed by atoms with E-state index in [1.807, 2.05) is 18.2 Å². The number of nitrogens with two attached hydrogens (primary N) is 1. The van der Waals surface area contributed by atoms with Crippen molar-refractivity contribution in [3.05, 3.63) is 35.0 Å². The highest BCUT2D eigenvalue weighted by molar-refractivity contribution is 7.80. The Bertz CT molecular complexity index is 671. The number of carbonyl (C=O) groups is 1. The Morgan fingerprint density at radius 2 is 2.14 bits per heavy atom. The minimum atomic E-state index is -0.343. The molecule has 0 amide bonds. The number of hydrogen-bond donors (Lipinski definition) is 2. The summed E-state index contributed by atoms with van der Waals surface area (Å²) in [6.07, 6.45) is 0. The van der Waals surface area contributed by atoms with Gasteiger partial charge in [0.1, 0.15) is 0 Å². The summed E-state index contributed by atoms with van der Waals surface area (Å²) in [7, 11) is 0. The summed E-state index contributed by atoms with van der Waals surface area (Å²) in [4.78, 5) is 12.0. The number of thiocarbonyl (C=S) groups is 1. The highest BCUT2D eigenvalue weighted by Crippen LogP contribution is 2.37. The van der Waals surface area contributed by atoms with Crippen LogP contribution in [0.3, 0.4) is 0 Å². The average Bonchev–Trinajstić information content (AvgIpc) is 2.91. The van der Waals surface area contributed by atoms with Crippen molar-refractivity contribution in [2.75, 3.05) is 6.79 Å². The van der Waals surface area contributed by atoms with E-state index in [9.17, 15) is 4.79 Å². The molecule has 3 rings (SSSR count). The van der Waals surface area contributed by atoms with E-state index in [2.05, 4.69) is 5.32 Å². The van der Waals surface area contributed by atoms with Gasteiger partial charge in [-0.1, -0.05) is 6.07 Å². The molecule has 0 aromatic heterocycles. The van der Waals surface area contributed by atoms with Gasteiger partial charge in [-0.25, -0.2) is 5.84 Å². The summed E-state index contributed by atoms with van der Waals surface area (Å²) in [5, 5.41) is 4.78. The number of ketones is 1. The fourth-order valence-corrected chi connectivity index (χ4v) is 2.81. The number of allylic oxidation sites excluding steroid dienone is 1. The third-order valence-corrected chi connectivity index (χ3v) is 3.95. The molecule has 0 aliphatic carbocycles. The summed E-state index contributed by atoms with van der Waals surface area (Å²) in [5.41, 5.74) is 2.11. The molecule has 6 nitrogen and oxygen atoms in total. The highest BCUT2D eigenvalue weighted by atomic mass is 32.1. The molecule has 0 spiro atoms. The Kier molecular flexibility index (Phi) is 3.30. The molecule has 3 N–H and O–H groups in total. The van der Waals surface area contributed by atoms with E-state index >= 15 is 0 Å². The molecule has 0 saturated heterocycles. The molecule has 2 heterocycles. The van der Waals surface area contributed by atoms with Gasteiger partial charge >= 0.3 is 0 Å². The van der Waals surface area contributed by atoms with Gasteiger partial charge < -0.3 is 14.8 Å². The number of nitrogens with one attached hydrogen (secondary N) is 1. The normalized spacial score (nSPS) is 20.6. The van der Waals surface area contributed by atoms with Crippen LogP contribution in [-0.2, 0) is 4.79 Å². The van der Waals surface area contributed by atoms with Crippen molar-refractivity contribution < 1.29 is 14.3 Å². The van der Waals surface area contributed by atoms with Gasteiger partial charge in [0, 0.05) is 11.3 Å². The third kappa shape index (κ3) is 2.24. The van der Waals surface area contributed by atoms with Gasteiger partial charge in [0.15, 0.2) is 22.4 Å². The van der Waals surface area contributed by atoms with Gasteiger partial charge in [0.25, 0.3) is 0 Å². The maximum atomic E-state index is 12.0. The van der Waals surface area contributed by atoms with Crippen LogP contribution in [0.4, 0.5) is 0 Å². The van der Waals surface area contributed by atoms with E-state index in [-0.39, 0.29) is 18.6 Å². The van der Waals surface area contributed by atoms with Gasteiger partial charge in [0.05, 0.1) is 6.04 Å². The zero-order chi connectivity index (χ0) is 15.1. The second-order valence-electron chi connectivity index (χ2n) is 4.92. The molecule has 7 heteroatoms. The first-order valence-corrected chi connectivity index (χ1v) is 6.86. The van der Waals surface area contributed by atoms with Crippen molar-refractivity contribution in [3.8, 4) is 11.5 Å². The monoisotopic (exact) mass is 305 g/mol. The standard InChI is InChI=1S/C14H15N3O3S/c1-7-12(8(2)18)13(16-14(21)17(7)15)9-3-4-10-11(5-9)20-6-19-10/h3-5,13H,6,15H2,1-2H3,(H,16,21)/t13-/m0/s1. The van der Waals surface area contributed by atoms with Crippen molar-refractivity contribution in [1.82, 2.24) is 10.3 Å². The zero-order valence-electron chi connectivity index (χ0n) is 11.7. The van der Waals surface area contributed by atoms with Crippen molar-refractivity contribution in [1.29, 1.82) is 0 Å². The highest BCUT2D eigenvalue weighted by Gasteiger charge is 2.31. The first kappa shape index (κ1) is 13.8. The number of carbonyl (C=O) groups excluding carboxylic acids is 1. The molecule has 0 fully saturated rings. The largest absolute Gasteiger partial charge is 0.454 e. The van der Waals surface area contributed by atoms with E-state index in [1.165, 1.54) is 11.9 Å². The second-order valence-corrected chi connectivity index (χ2v) is 5.31. The van der Waals surface area contributed by atoms with Crippen LogP contribution < -0.4 is 20.6 Å². The van der Waals surface area contributed by atoms with Crippen LogP contribution in [-0.4, -0.2) is 22.7 Å². The summed E-state index contributed by atoms with van der Waals surface area (Å²) in [6.45, 7) is 3.51. The van der Waals surface area contributed by atoms with Crippen LogP contribution in [0.15, 0.2) is 29.5 Å². The first-order valence-electron chi connectivity index (χ1n) is 6.45. The number of hydrazine groups is 1. The van der Waals surface area contributed by atoms with Gasteiger partial charge in [-0.3, -0.25) is 9.80 Å². The lowest BCUT2D eigenvalue weighted by Crippen LogP contribution is -2.50. The van der Waals surface area contributed by atoms with Crippen LogP contribution in [0.5, 0.6) is 11.5 Å². The molecule has 0 radical (unpaired) electrons. The first-order chi connectivity index (χ1) is 9.99. The number of fused-ring (bicyclic) bond motifs is 1. The minimum absolute atomic E-state index is 0.0550. The van der Waals surface area contributed by atoms with E-state index < -0.39 is 0 Å². The molecule has 2 aliphatic heterocycles. The molecule has 21 heavy (non-hydrogen) atoms. The fraction of sp³-hybridized carbons (Fsp3) is 0.286. The van der Waals surface area contributed by atoms with E-state index in [1.54, 1.807) is 6.92 Å². The van der Waals surface area contributed by atoms with E-state index in [4.69, 9.17) is 27.5 Å². The molecule has 110 valence electrons. The fourth-order valence-electron chi connectivity index (χ4n) is 2.56. The maximum Gasteiger partial charge on any atom is 0.231 e. The number of ether oxygens (including phenoxy) is 2. The molecule has 1 aromatic rings. The average molecular weight is 305 g/mol. The predicted molar refractivity (Wildman–Crippen MR) is 80.4 cm³/mol. The van der Waals surface area contributed by atoms with Gasteiger partial charge in [-0.2, -0.15) is 0 Å². The van der Waals surface area contributed by atoms with Crippen molar-refractivity contribution in [3.63, 3.8) is 0 Å². The van der Waals surface area contributed by atoms with Crippen molar-refractivity contribution in [2.45, 2.75) is 19.9 Å². The quantitative estimate of drug-likeness (QED) is 0.631. The molecule has 1 aromatic carbocycles. The summed E-state index contributed by atoms with van der Waals surface area (Å²) < 4.78 is 10.7. The Hall–Kier alpha value is -2.12. The topological polar surface area (TPSA) is 76.8 Å². The lowest BCUT2D eigenvalue weighted by Gasteiger charge is -2.34. The third-order valence-electron chi connectivity index (χ3n) is 3.64. The Morgan fingerprint density at radius 3 is 2.86 bits per heavy atom. The van der Waals surface area contributed by atoms with Gasteiger partial charge in [0.2, 0.25) is 6.79 Å². The van der Waals surface area contributed by atoms with Gasteiger partial charge in [-0.05, 0) is 43.8 Å². The SMILES string of the molecule is CC(=O)C1=C(C)N(N)C(=S)N[C@H]1c1ccc2c(c1)OCO2. The number of hydrogen-bond acceptors (Lipinski definition) is 5. The van der Waals surface area contributed by atoms with Crippen LogP contribution in [0.2, 0.25) is 0 Å². The molecule has 2 aliphatic rings. The molecule has 0 saturated carbocycles. The molecular formula is C14H15N3O3S.